The lowest BCUT2D eigenvalue weighted by atomic mass is 9.94. The van der Waals surface area contributed by atoms with Gasteiger partial charge in [0.1, 0.15) is 49.8 Å². The molecule has 1 N–H and O–H groups in total. The average molecular weight is 1320 g/mol. The summed E-state index contributed by atoms with van der Waals surface area (Å²) in [5.74, 6) is -5.20. The lowest BCUT2D eigenvalue weighted by Crippen LogP contribution is -2.70. The number of nitrogens with one attached hydrogen (secondary N) is 1. The number of halogens is 3. The maximum absolute atomic E-state index is 14.5. The second kappa shape index (κ2) is 33.2. The first-order valence-corrected chi connectivity index (χ1v) is 33.5. The van der Waals surface area contributed by atoms with Crippen LogP contribution in [0.25, 0.3) is 0 Å². The molecular formula is C62H74Cl3NO22Si. The molecule has 89 heavy (non-hydrogen) atoms. The molecule has 1 amide bonds. The van der Waals surface area contributed by atoms with E-state index in [2.05, 4.69) is 25.0 Å². The zero-order chi connectivity index (χ0) is 64.4. The van der Waals surface area contributed by atoms with Gasteiger partial charge in [0.2, 0.25) is 3.79 Å². The minimum absolute atomic E-state index is 0.000375. The molecule has 27 heteroatoms. The maximum atomic E-state index is 14.5. The van der Waals surface area contributed by atoms with Crippen LogP contribution in [0, 0.1) is 0 Å². The Morgan fingerprint density at radius 2 is 0.966 bits per heavy atom. The van der Waals surface area contributed by atoms with E-state index < -0.39 is 159 Å². The molecule has 3 saturated heterocycles. The van der Waals surface area contributed by atoms with Crippen molar-refractivity contribution in [2.75, 3.05) is 26.4 Å². The van der Waals surface area contributed by atoms with Gasteiger partial charge in [-0.25, -0.2) is 14.4 Å². The standard InChI is InChI=1S/C62H74Cl3NO22Si/c1-36-48(85-56(71)43-25-17-11-18-26-43)52(86-57(72)44-27-19-12-20-28-44)54(77-32-42-23-15-10-16-24-42)59(79-36)88-51-47(66-61(73)78-35-62(63,64)65)58(75-29-30-89(6,7)8)83-45(33-74-31-41-21-13-9-14-22-41)49(51)87-60-55(82-40(5)70)53(81-39(4)69)50(80-38(3)68)46(84-60)34-76-37(2)67/h9-28,36,45-55,58-60H,29-35H2,1-8H3,(H,66,73)/t36-,45+,46+,47+,48+,49+,50-,51+,52+,53-,54-,55+,58+,59-,60-/m0/s1. The summed E-state index contributed by atoms with van der Waals surface area (Å²) in [6, 6.07) is 33.1. The van der Waals surface area contributed by atoms with Crippen LogP contribution in [0.15, 0.2) is 121 Å². The fourth-order valence-corrected chi connectivity index (χ4v) is 10.7. The first-order valence-electron chi connectivity index (χ1n) is 28.7. The minimum Gasteiger partial charge on any atom is -0.463 e. The summed E-state index contributed by atoms with van der Waals surface area (Å²) in [7, 11) is -1.90. The van der Waals surface area contributed by atoms with Crippen LogP contribution in [0.3, 0.4) is 0 Å². The molecule has 3 fully saturated rings. The van der Waals surface area contributed by atoms with E-state index >= 15 is 0 Å². The molecule has 15 atom stereocenters. The van der Waals surface area contributed by atoms with Crippen molar-refractivity contribution in [1.82, 2.24) is 5.32 Å². The molecule has 0 radical (unpaired) electrons. The number of ether oxygens (including phenoxy) is 15. The van der Waals surface area contributed by atoms with E-state index in [4.69, 9.17) is 106 Å². The van der Waals surface area contributed by atoms with Gasteiger partial charge in [0.05, 0.1) is 37.1 Å². The van der Waals surface area contributed by atoms with Crippen LogP contribution in [0.5, 0.6) is 0 Å². The molecule has 0 spiro atoms. The lowest BCUT2D eigenvalue weighted by molar-refractivity contribution is -0.375. The topological polar surface area (TPSA) is 270 Å². The number of hydrogen-bond donors (Lipinski definition) is 1. The summed E-state index contributed by atoms with van der Waals surface area (Å²) in [5.41, 5.74) is 1.66. The third-order valence-corrected chi connectivity index (χ3v) is 15.9. The van der Waals surface area contributed by atoms with Gasteiger partial charge in [-0.3, -0.25) is 19.2 Å². The second-order valence-electron chi connectivity index (χ2n) is 22.3. The number of carbonyl (C=O) groups excluding carboxylic acids is 7. The summed E-state index contributed by atoms with van der Waals surface area (Å²) >= 11 is 18.3. The Morgan fingerprint density at radius 1 is 0.494 bits per heavy atom. The van der Waals surface area contributed by atoms with Crippen molar-refractivity contribution in [1.29, 1.82) is 0 Å². The van der Waals surface area contributed by atoms with Gasteiger partial charge in [0.15, 0.2) is 49.4 Å². The third-order valence-electron chi connectivity index (χ3n) is 13.9. The monoisotopic (exact) mass is 1320 g/mol. The Labute approximate surface area is 531 Å². The highest BCUT2D eigenvalue weighted by Gasteiger charge is 2.59. The van der Waals surface area contributed by atoms with Crippen molar-refractivity contribution in [3.05, 3.63) is 144 Å². The van der Waals surface area contributed by atoms with Gasteiger partial charge < -0.3 is 76.4 Å². The van der Waals surface area contributed by atoms with Gasteiger partial charge >= 0.3 is 41.9 Å². The van der Waals surface area contributed by atoms with Crippen LogP contribution in [-0.2, 0) is 103 Å². The average Bonchev–Trinajstić information content (AvgIpc) is 0.808. The molecular weight excluding hydrogens is 1250 g/mol. The van der Waals surface area contributed by atoms with Crippen molar-refractivity contribution in [3.8, 4) is 0 Å². The summed E-state index contributed by atoms with van der Waals surface area (Å²) in [6.45, 7) is 10.3. The Bertz CT molecular complexity index is 2950. The molecule has 0 unspecified atom stereocenters. The van der Waals surface area contributed by atoms with E-state index in [0.717, 1.165) is 33.3 Å². The smallest absolute Gasteiger partial charge is 0.407 e. The predicted molar refractivity (Wildman–Crippen MR) is 320 cm³/mol. The van der Waals surface area contributed by atoms with Crippen LogP contribution < -0.4 is 5.32 Å². The Hall–Kier alpha value is -6.26. The number of benzene rings is 4. The van der Waals surface area contributed by atoms with Gasteiger partial charge in [0, 0.05) is 42.4 Å². The van der Waals surface area contributed by atoms with Crippen molar-refractivity contribution < 1.29 is 105 Å². The molecule has 4 aromatic carbocycles. The highest BCUT2D eigenvalue weighted by atomic mass is 35.6. The zero-order valence-corrected chi connectivity index (χ0v) is 53.5. The van der Waals surface area contributed by atoms with E-state index in [1.165, 1.54) is 12.1 Å². The fourth-order valence-electron chi connectivity index (χ4n) is 9.79. The van der Waals surface area contributed by atoms with Gasteiger partial charge in [-0.2, -0.15) is 0 Å². The summed E-state index contributed by atoms with van der Waals surface area (Å²) in [4.78, 5) is 94.6. The molecule has 3 aliphatic rings. The van der Waals surface area contributed by atoms with Crippen LogP contribution >= 0.6 is 34.8 Å². The molecule has 0 aromatic heterocycles. The van der Waals surface area contributed by atoms with Crippen LogP contribution in [0.4, 0.5) is 4.79 Å². The molecule has 3 aliphatic heterocycles. The molecule has 0 aliphatic carbocycles. The summed E-state index contributed by atoms with van der Waals surface area (Å²) in [5, 5.41) is 2.77. The number of alkyl halides is 3. The maximum Gasteiger partial charge on any atom is 0.407 e. The van der Waals surface area contributed by atoms with Crippen molar-refractivity contribution in [2.45, 2.75) is 169 Å². The second-order valence-corrected chi connectivity index (χ2v) is 30.4. The van der Waals surface area contributed by atoms with Gasteiger partial charge in [0.25, 0.3) is 0 Å². The van der Waals surface area contributed by atoms with Crippen molar-refractivity contribution in [3.63, 3.8) is 0 Å². The number of esters is 6. The third kappa shape index (κ3) is 21.7. The van der Waals surface area contributed by atoms with Gasteiger partial charge in [-0.05, 0) is 48.4 Å². The van der Waals surface area contributed by atoms with Crippen LogP contribution in [0.2, 0.25) is 25.7 Å². The van der Waals surface area contributed by atoms with Crippen molar-refractivity contribution >= 4 is 84.8 Å². The lowest BCUT2D eigenvalue weighted by Gasteiger charge is -2.51. The summed E-state index contributed by atoms with van der Waals surface area (Å²) < 4.78 is 93.1. The Kier molecular flexibility index (Phi) is 26.2. The van der Waals surface area contributed by atoms with E-state index in [1.807, 2.05) is 30.3 Å². The largest absolute Gasteiger partial charge is 0.463 e. The highest BCUT2D eigenvalue weighted by molar-refractivity contribution is 6.76. The van der Waals surface area contributed by atoms with E-state index in [-0.39, 0.29) is 37.6 Å². The minimum atomic E-state index is -2.10. The van der Waals surface area contributed by atoms with E-state index in [9.17, 15) is 33.6 Å². The Morgan fingerprint density at radius 3 is 1.51 bits per heavy atom. The quantitative estimate of drug-likeness (QED) is 0.0267. The van der Waals surface area contributed by atoms with Crippen LogP contribution in [-0.4, -0.2) is 172 Å². The van der Waals surface area contributed by atoms with E-state index in [1.54, 1.807) is 85.8 Å². The molecule has 0 bridgehead atoms. The number of rotatable bonds is 26. The molecule has 3 heterocycles. The fraction of sp³-hybridized carbons (Fsp3) is 0.500. The number of hydrogen-bond acceptors (Lipinski definition) is 22. The first kappa shape index (κ1) is 70.2. The number of amides is 1. The van der Waals surface area contributed by atoms with E-state index in [0.29, 0.717) is 11.6 Å². The van der Waals surface area contributed by atoms with Gasteiger partial charge in [-0.1, -0.05) is 152 Å². The van der Waals surface area contributed by atoms with Crippen LogP contribution in [0.1, 0.15) is 66.5 Å². The molecule has 4 aromatic rings. The predicted octanol–water partition coefficient (Wildman–Crippen LogP) is 8.38. The van der Waals surface area contributed by atoms with Crippen molar-refractivity contribution in [2.24, 2.45) is 0 Å². The first-order chi connectivity index (χ1) is 42.3. The van der Waals surface area contributed by atoms with Gasteiger partial charge in [-0.15, -0.1) is 0 Å². The SMILES string of the molecule is CC(=O)OC[C@H]1O[C@@H](O[C@H]2[C@H](O[C@@H]3O[C@@H](C)[C@@H](OC(=O)c4ccccc4)[C@@H](OC(=O)c4ccccc4)[C@@H]3OCc3ccccc3)[C@@H](NC(=O)OCC(Cl)(Cl)Cl)[C@H](OCC[Si](C)(C)C)O[C@@H]2COCc2ccccc2)[C@H](OC(C)=O)[C@@H](OC(C)=O)[C@H]1OC(C)=O. The normalized spacial score (nSPS) is 27.0. The number of carbonyl (C=O) groups is 7. The molecule has 0 saturated carbocycles. The molecule has 7 rings (SSSR count). The zero-order valence-electron chi connectivity index (χ0n) is 50.3. The summed E-state index contributed by atoms with van der Waals surface area (Å²) in [6.07, 6.45) is -23.6. The number of alkyl carbamates (subject to hydrolysis) is 1. The Balaban J connectivity index is 1.44. The highest BCUT2D eigenvalue weighted by Crippen LogP contribution is 2.39. The molecule has 23 nitrogen and oxygen atoms in total. The molecule has 484 valence electrons.